The van der Waals surface area contributed by atoms with E-state index in [1.165, 1.54) is 0 Å². The normalized spacial score (nSPS) is 17.3. The van der Waals surface area contributed by atoms with Crippen molar-refractivity contribution in [3.8, 4) is 0 Å². The third kappa shape index (κ3) is 7.14. The summed E-state index contributed by atoms with van der Waals surface area (Å²) in [4.78, 5) is 36.7. The van der Waals surface area contributed by atoms with Gasteiger partial charge in [0.1, 0.15) is 21.8 Å². The zero-order valence-corrected chi connectivity index (χ0v) is 23.6. The Kier molecular flexibility index (Phi) is 9.25. The number of benzene rings is 3. The molecule has 3 N–H and O–H groups in total. The fourth-order valence-corrected chi connectivity index (χ4v) is 5.14. The van der Waals surface area contributed by atoms with Crippen molar-refractivity contribution in [3.63, 3.8) is 0 Å². The molecule has 1 fully saturated rings. The molecule has 4 rings (SSSR count). The smallest absolute Gasteiger partial charge is 0.375 e. The summed E-state index contributed by atoms with van der Waals surface area (Å²) in [6.45, 7) is -1.47. The van der Waals surface area contributed by atoms with Gasteiger partial charge in [0.2, 0.25) is 5.91 Å². The second-order valence-electron chi connectivity index (χ2n) is 9.72. The van der Waals surface area contributed by atoms with Crippen LogP contribution in [0.4, 0.5) is 65.4 Å². The molecule has 3 aromatic carbocycles. The number of carbonyl (C=O) groups is 3. The molecule has 0 aliphatic heterocycles. The zero-order chi connectivity index (χ0) is 34.5. The van der Waals surface area contributed by atoms with Crippen LogP contribution in [0.25, 0.3) is 0 Å². The fraction of sp³-hybridized carbons (Fsp3) is 0.222. The highest BCUT2D eigenvalue weighted by atomic mass is 35.5. The summed E-state index contributed by atoms with van der Waals surface area (Å²) < 4.78 is 146. The lowest BCUT2D eigenvalue weighted by atomic mass is 10.0. The summed E-state index contributed by atoms with van der Waals surface area (Å²) in [5, 5.41) is 5.57. The van der Waals surface area contributed by atoms with Crippen LogP contribution in [0.15, 0.2) is 42.5 Å². The SMILES string of the molecule is O=C(Nc1cc(NCC(=O)C(F)(F)F)c(F)cc1F)c1cc(NC(=O)[C@H]2[C@H](c3ccc(F)c(C(F)(F)F)c3)C2(Cl)Cl)cc(F)c1F. The number of alkyl halides is 8. The maximum absolute atomic E-state index is 14.6. The fourth-order valence-electron chi connectivity index (χ4n) is 4.31. The van der Waals surface area contributed by atoms with E-state index in [1.54, 1.807) is 10.6 Å². The lowest BCUT2D eigenvalue weighted by Gasteiger charge is -2.13. The molecule has 246 valence electrons. The van der Waals surface area contributed by atoms with Crippen molar-refractivity contribution in [1.82, 2.24) is 0 Å². The second kappa shape index (κ2) is 12.2. The van der Waals surface area contributed by atoms with Gasteiger partial charge >= 0.3 is 12.4 Å². The maximum Gasteiger partial charge on any atom is 0.451 e. The highest BCUT2D eigenvalue weighted by Crippen LogP contribution is 2.65. The van der Waals surface area contributed by atoms with Crippen LogP contribution in [0.3, 0.4) is 0 Å². The van der Waals surface area contributed by atoms with Crippen LogP contribution in [-0.4, -0.2) is 34.7 Å². The number of carbonyl (C=O) groups excluding carboxylic acids is 3. The van der Waals surface area contributed by atoms with Gasteiger partial charge in [-0.3, -0.25) is 14.4 Å². The van der Waals surface area contributed by atoms with Crippen LogP contribution < -0.4 is 16.0 Å². The van der Waals surface area contributed by atoms with Gasteiger partial charge in [-0.25, -0.2) is 22.0 Å². The Hall–Kier alpha value is -4.12. The quantitative estimate of drug-likeness (QED) is 0.165. The van der Waals surface area contributed by atoms with E-state index in [1.807, 2.05) is 0 Å². The molecule has 19 heteroatoms. The van der Waals surface area contributed by atoms with Gasteiger partial charge in [0.25, 0.3) is 11.7 Å². The predicted octanol–water partition coefficient (Wildman–Crippen LogP) is 7.72. The third-order valence-corrected chi connectivity index (χ3v) is 7.53. The summed E-state index contributed by atoms with van der Waals surface area (Å²) >= 11 is 12.2. The molecule has 0 unspecified atom stereocenters. The number of nitrogens with one attached hydrogen (secondary N) is 3. The van der Waals surface area contributed by atoms with Crippen molar-refractivity contribution >= 4 is 57.9 Å². The van der Waals surface area contributed by atoms with E-state index in [-0.39, 0.29) is 11.6 Å². The first-order chi connectivity index (χ1) is 21.1. The number of rotatable bonds is 8. The van der Waals surface area contributed by atoms with Crippen LogP contribution in [0, 0.1) is 35.0 Å². The van der Waals surface area contributed by atoms with E-state index in [9.17, 15) is 62.7 Å². The number of halogens is 13. The van der Waals surface area contributed by atoms with E-state index < -0.39 is 110 Å². The molecule has 1 saturated carbocycles. The van der Waals surface area contributed by atoms with Crippen molar-refractivity contribution in [2.75, 3.05) is 22.5 Å². The number of hydrogen-bond acceptors (Lipinski definition) is 4. The molecular weight excluding hydrogens is 694 g/mol. The van der Waals surface area contributed by atoms with Crippen molar-refractivity contribution in [2.24, 2.45) is 5.92 Å². The summed E-state index contributed by atoms with van der Waals surface area (Å²) in [7, 11) is 0. The first-order valence-electron chi connectivity index (χ1n) is 12.3. The van der Waals surface area contributed by atoms with Crippen LogP contribution in [0.5, 0.6) is 0 Å². The third-order valence-electron chi connectivity index (χ3n) is 6.59. The Morgan fingerprint density at radius 2 is 1.39 bits per heavy atom. The highest BCUT2D eigenvalue weighted by molar-refractivity contribution is 6.53. The van der Waals surface area contributed by atoms with E-state index >= 15 is 0 Å². The van der Waals surface area contributed by atoms with Gasteiger partial charge in [-0.05, 0) is 29.8 Å². The van der Waals surface area contributed by atoms with Crippen LogP contribution in [0.1, 0.15) is 27.4 Å². The van der Waals surface area contributed by atoms with Gasteiger partial charge < -0.3 is 16.0 Å². The number of hydrogen-bond donors (Lipinski definition) is 3. The molecule has 1 aliphatic rings. The molecule has 1 aliphatic carbocycles. The molecule has 0 heterocycles. The van der Waals surface area contributed by atoms with Crippen molar-refractivity contribution in [1.29, 1.82) is 0 Å². The van der Waals surface area contributed by atoms with Crippen LogP contribution >= 0.6 is 23.2 Å². The molecule has 0 saturated heterocycles. The van der Waals surface area contributed by atoms with E-state index in [0.29, 0.717) is 30.3 Å². The number of anilines is 3. The molecule has 0 bridgehead atoms. The molecule has 2 atom stereocenters. The molecule has 6 nitrogen and oxygen atoms in total. The Labute approximate surface area is 259 Å². The Bertz CT molecular complexity index is 1750. The van der Waals surface area contributed by atoms with Gasteiger partial charge in [-0.1, -0.05) is 6.07 Å². The first kappa shape index (κ1) is 34.7. The summed E-state index contributed by atoms with van der Waals surface area (Å²) in [6.07, 6.45) is -10.4. The monoisotopic (exact) mass is 707 g/mol. The van der Waals surface area contributed by atoms with Gasteiger partial charge in [0.05, 0.1) is 35.0 Å². The van der Waals surface area contributed by atoms with Gasteiger partial charge in [0.15, 0.2) is 11.6 Å². The van der Waals surface area contributed by atoms with Crippen molar-refractivity contribution in [2.45, 2.75) is 22.6 Å². The Morgan fingerprint density at radius 1 is 0.761 bits per heavy atom. The minimum Gasteiger partial charge on any atom is -0.375 e. The van der Waals surface area contributed by atoms with Gasteiger partial charge in [0, 0.05) is 23.7 Å². The number of Topliss-reactive ketones (excluding diaryl/α,β-unsaturated/α-hetero) is 1. The minimum atomic E-state index is -5.28. The molecule has 46 heavy (non-hydrogen) atoms. The lowest BCUT2D eigenvalue weighted by Crippen LogP contribution is -2.29. The minimum absolute atomic E-state index is 0.110. The van der Waals surface area contributed by atoms with E-state index in [4.69, 9.17) is 23.2 Å². The topological polar surface area (TPSA) is 87.3 Å². The summed E-state index contributed by atoms with van der Waals surface area (Å²) in [5.74, 6) is -16.0. The van der Waals surface area contributed by atoms with E-state index in [0.717, 1.165) is 6.07 Å². The van der Waals surface area contributed by atoms with Gasteiger partial charge in [-0.15, -0.1) is 23.2 Å². The molecule has 2 amide bonds. The Balaban J connectivity index is 1.54. The molecule has 0 aromatic heterocycles. The average molecular weight is 708 g/mol. The van der Waals surface area contributed by atoms with Gasteiger partial charge in [-0.2, -0.15) is 26.3 Å². The molecular formula is C27H14Cl2F11N3O3. The lowest BCUT2D eigenvalue weighted by molar-refractivity contribution is -0.168. The van der Waals surface area contributed by atoms with Crippen LogP contribution in [0.2, 0.25) is 0 Å². The highest BCUT2D eigenvalue weighted by Gasteiger charge is 2.67. The largest absolute Gasteiger partial charge is 0.451 e. The maximum atomic E-state index is 14.6. The number of amides is 2. The second-order valence-corrected chi connectivity index (χ2v) is 11.2. The number of ketones is 1. The zero-order valence-electron chi connectivity index (χ0n) is 22.0. The summed E-state index contributed by atoms with van der Waals surface area (Å²) in [6, 6.07) is 3.28. The standard InChI is InChI=1S/C27H14Cl2F11N3O3/c28-25(29)20(9-1-2-13(30)12(3-9)26(35,36)37)21(25)24(46)42-10-4-11(22(34)16(33)5-10)23(45)43-18-7-17(14(31)6-15(18)32)41-8-19(44)27(38,39)40/h1-7,20-21,41H,8H2,(H,42,46)(H,43,45)/t20-,21+/m0/s1. The molecule has 3 aromatic rings. The summed E-state index contributed by atoms with van der Waals surface area (Å²) in [5.41, 5.74) is -5.56. The van der Waals surface area contributed by atoms with Crippen molar-refractivity contribution in [3.05, 3.63) is 88.2 Å². The van der Waals surface area contributed by atoms with Crippen LogP contribution in [-0.2, 0) is 15.8 Å². The average Bonchev–Trinajstić information content (AvgIpc) is 3.51. The predicted molar refractivity (Wildman–Crippen MR) is 141 cm³/mol. The first-order valence-corrected chi connectivity index (χ1v) is 13.1. The Morgan fingerprint density at radius 3 is 2.00 bits per heavy atom. The van der Waals surface area contributed by atoms with Crippen molar-refractivity contribution < 1.29 is 62.7 Å². The molecule has 0 radical (unpaired) electrons. The van der Waals surface area contributed by atoms with E-state index in [2.05, 4.69) is 5.32 Å². The molecule has 0 spiro atoms.